The van der Waals surface area contributed by atoms with Gasteiger partial charge in [-0.1, -0.05) is 104 Å². The number of hydrogen-bond acceptors (Lipinski definition) is 9. The van der Waals surface area contributed by atoms with Gasteiger partial charge in [0.2, 0.25) is 29.3 Å². The predicted molar refractivity (Wildman–Crippen MR) is 204 cm³/mol. The number of aliphatic hydroxyl groups is 1. The van der Waals surface area contributed by atoms with Gasteiger partial charge in [0.15, 0.2) is 0 Å². The quantitative estimate of drug-likeness (QED) is 0.0841. The Balaban J connectivity index is 0.984. The number of carbonyl (C=O) groups is 4. The van der Waals surface area contributed by atoms with Crippen LogP contribution in [0, 0.1) is 11.8 Å². The highest BCUT2D eigenvalue weighted by atomic mass is 16.5. The molecule has 0 spiro atoms. The Morgan fingerprint density at radius 3 is 1.93 bits per heavy atom. The van der Waals surface area contributed by atoms with Crippen LogP contribution in [0.5, 0.6) is 0 Å². The van der Waals surface area contributed by atoms with E-state index in [0.29, 0.717) is 17.7 Å². The van der Waals surface area contributed by atoms with Crippen molar-refractivity contribution in [1.82, 2.24) is 31.0 Å². The third kappa shape index (κ3) is 9.12. The van der Waals surface area contributed by atoms with Gasteiger partial charge in [-0.15, -0.1) is 0 Å². The minimum atomic E-state index is -2.23. The highest BCUT2D eigenvalue weighted by Crippen LogP contribution is 2.42. The largest absolute Gasteiger partial charge is 0.367 e. The first-order valence-electron chi connectivity index (χ1n) is 19.3. The van der Waals surface area contributed by atoms with Gasteiger partial charge in [-0.3, -0.25) is 24.9 Å². The van der Waals surface area contributed by atoms with E-state index in [1.165, 1.54) is 11.1 Å². The molecule has 288 valence electrons. The number of rotatable bonds is 16. The molecule has 1 saturated heterocycles. The van der Waals surface area contributed by atoms with Crippen LogP contribution < -0.4 is 21.7 Å². The topological polar surface area (TPSA) is 193 Å². The van der Waals surface area contributed by atoms with Crippen molar-refractivity contribution in [3.05, 3.63) is 108 Å². The van der Waals surface area contributed by atoms with Gasteiger partial charge >= 0.3 is 0 Å². The molecule has 13 nitrogen and oxygen atoms in total. The number of unbranched alkanes of at least 4 members (excludes halogenated alkanes) is 3. The zero-order chi connectivity index (χ0) is 38.5. The van der Waals surface area contributed by atoms with Crippen molar-refractivity contribution in [2.45, 2.75) is 81.5 Å². The van der Waals surface area contributed by atoms with E-state index in [1.54, 1.807) is 29.2 Å². The van der Waals surface area contributed by atoms with Crippen LogP contribution in [0.3, 0.4) is 0 Å². The molecule has 3 aliphatic rings. The number of nitrogens with one attached hydrogen (secondary N) is 3. The summed E-state index contributed by atoms with van der Waals surface area (Å²) in [4.78, 5) is 59.8. The smallest absolute Gasteiger partial charge is 0.267 e. The lowest BCUT2D eigenvalue weighted by Gasteiger charge is -2.20. The second-order valence-electron chi connectivity index (χ2n) is 15.2. The van der Waals surface area contributed by atoms with Crippen LogP contribution in [-0.4, -0.2) is 81.2 Å². The number of benzene rings is 3. The Hall–Kier alpha value is -5.40. The summed E-state index contributed by atoms with van der Waals surface area (Å²) in [6.45, 7) is 2.73. The first-order valence-corrected chi connectivity index (χ1v) is 19.3. The molecular weight excluding hydrogens is 699 g/mol. The zero-order valence-electron chi connectivity index (χ0n) is 31.0. The number of likely N-dealkylation sites (tertiary alicyclic amines) is 1. The van der Waals surface area contributed by atoms with Gasteiger partial charge in [0.1, 0.15) is 0 Å². The number of carbonyl (C=O) groups excluding carboxylic acids is 4. The number of nitrogens with two attached hydrogens (primary N) is 1. The average molecular weight is 748 g/mol. The van der Waals surface area contributed by atoms with Crippen molar-refractivity contribution in [3.63, 3.8) is 0 Å². The van der Waals surface area contributed by atoms with Gasteiger partial charge < -0.3 is 30.5 Å². The van der Waals surface area contributed by atoms with E-state index in [2.05, 4.69) is 57.3 Å². The van der Waals surface area contributed by atoms with Crippen LogP contribution >= 0.6 is 0 Å². The fourth-order valence-corrected chi connectivity index (χ4v) is 7.53. The molecule has 1 aliphatic heterocycles. The summed E-state index contributed by atoms with van der Waals surface area (Å²) in [5.74, 6) is -2.21. The van der Waals surface area contributed by atoms with Crippen molar-refractivity contribution in [2.24, 2.45) is 17.6 Å². The van der Waals surface area contributed by atoms with E-state index in [-0.39, 0.29) is 72.9 Å². The van der Waals surface area contributed by atoms with Gasteiger partial charge in [0.25, 0.3) is 11.8 Å². The zero-order valence-corrected chi connectivity index (χ0v) is 31.0. The van der Waals surface area contributed by atoms with Gasteiger partial charge in [-0.05, 0) is 42.5 Å². The van der Waals surface area contributed by atoms with E-state index in [1.807, 2.05) is 36.4 Å². The molecule has 55 heavy (non-hydrogen) atoms. The summed E-state index contributed by atoms with van der Waals surface area (Å²) in [5.41, 5.74) is 6.91. The molecule has 6 N–H and O–H groups in total. The second kappa shape index (κ2) is 16.5. The molecular formula is C42H49N7O6. The van der Waals surface area contributed by atoms with Crippen molar-refractivity contribution in [2.75, 3.05) is 19.6 Å². The highest BCUT2D eigenvalue weighted by Gasteiger charge is 2.49. The molecule has 0 unspecified atom stereocenters. The molecule has 0 bridgehead atoms. The molecule has 7 rings (SSSR count). The first-order chi connectivity index (χ1) is 26.6. The van der Waals surface area contributed by atoms with E-state index >= 15 is 0 Å². The van der Waals surface area contributed by atoms with Crippen molar-refractivity contribution in [1.29, 1.82) is 0 Å². The maximum Gasteiger partial charge on any atom is 0.267 e. The monoisotopic (exact) mass is 747 g/mol. The van der Waals surface area contributed by atoms with E-state index in [9.17, 15) is 24.3 Å². The third-order valence-electron chi connectivity index (χ3n) is 11.0. The first kappa shape index (κ1) is 37.9. The van der Waals surface area contributed by atoms with Gasteiger partial charge in [-0.25, -0.2) is 0 Å². The molecule has 1 aromatic heterocycles. The van der Waals surface area contributed by atoms with Crippen molar-refractivity contribution < 1.29 is 28.8 Å². The fourth-order valence-electron chi connectivity index (χ4n) is 7.53. The Morgan fingerprint density at radius 2 is 1.38 bits per heavy atom. The van der Waals surface area contributed by atoms with E-state index in [4.69, 9.17) is 10.3 Å². The van der Waals surface area contributed by atoms with Gasteiger partial charge in [-0.2, -0.15) is 4.98 Å². The fraction of sp³-hybridized carbons (Fsp3) is 0.429. The maximum absolute atomic E-state index is 13.9. The predicted octanol–water partition coefficient (Wildman–Crippen LogP) is 3.66. The van der Waals surface area contributed by atoms with Crippen LogP contribution in [-0.2, 0) is 20.8 Å². The maximum atomic E-state index is 13.9. The lowest BCUT2D eigenvalue weighted by molar-refractivity contribution is -0.139. The third-order valence-corrected chi connectivity index (χ3v) is 11.0. The summed E-state index contributed by atoms with van der Waals surface area (Å²) in [6.07, 6.45) is 5.17. The molecule has 0 radical (unpaired) electrons. The molecule has 3 fully saturated rings. The van der Waals surface area contributed by atoms with Gasteiger partial charge in [0.05, 0.1) is 18.3 Å². The molecule has 7 atom stereocenters. The summed E-state index contributed by atoms with van der Waals surface area (Å²) in [6, 6.07) is 26.7. The Bertz CT molecular complexity index is 1890. The van der Waals surface area contributed by atoms with Crippen molar-refractivity contribution >= 4 is 23.6 Å². The lowest BCUT2D eigenvalue weighted by Crippen LogP contribution is -2.55. The molecule has 2 saturated carbocycles. The lowest BCUT2D eigenvalue weighted by atomic mass is 9.94. The number of nitrogens with zero attached hydrogens (tertiary/aromatic N) is 3. The SMILES string of the molecule is CCCCCCNC(=O)[C@@](N)(O)Cc1nc(-c2ccc(C(=O)N3C[C@@H](C(=O)N[C@H]4C[C@@H]4c4ccccc4)[C@H](C(=O)N[C@H]4C[C@@H]4c4ccccc4)C3)cc2)no1. The summed E-state index contributed by atoms with van der Waals surface area (Å²) < 4.78 is 5.29. The highest BCUT2D eigenvalue weighted by molar-refractivity contribution is 5.97. The molecule has 3 aromatic carbocycles. The van der Waals surface area contributed by atoms with E-state index < -0.39 is 23.5 Å². The van der Waals surface area contributed by atoms with Crippen LogP contribution in [0.2, 0.25) is 0 Å². The Labute approximate surface area is 320 Å². The average Bonchev–Trinajstić information content (AvgIpc) is 4.04. The summed E-state index contributed by atoms with van der Waals surface area (Å²) >= 11 is 0. The number of amides is 4. The molecule has 13 heteroatoms. The molecule has 4 amide bonds. The minimum Gasteiger partial charge on any atom is -0.367 e. The minimum absolute atomic E-state index is 0.0106. The normalized spacial score (nSPS) is 23.7. The summed E-state index contributed by atoms with van der Waals surface area (Å²) in [7, 11) is 0. The van der Waals surface area contributed by atoms with Crippen LogP contribution in [0.1, 0.15) is 84.7 Å². The standard InChI is InChI=1S/C42H49N7O6/c1-2-3-4-11-20-44-41(53)42(43,54)23-36-47-37(48-55-36)28-16-18-29(19-17-28)40(52)49-24-32(38(50)45-34-21-30(34)26-12-7-5-8-13-26)33(25-49)39(51)46-35-22-31(35)27-14-9-6-10-15-27/h5-10,12-19,30-35,54H,2-4,11,20-25,43H2,1H3,(H,44,53)(H,45,50)(H,46,51)/t30-,31-,32-,33-,34+,35+,42+/m1/s1. The van der Waals surface area contributed by atoms with E-state index in [0.717, 1.165) is 38.5 Å². The van der Waals surface area contributed by atoms with Gasteiger partial charge in [0, 0.05) is 54.7 Å². The Morgan fingerprint density at radius 1 is 0.818 bits per heavy atom. The number of hydrogen-bond donors (Lipinski definition) is 5. The molecule has 4 aromatic rings. The summed E-state index contributed by atoms with van der Waals surface area (Å²) in [5, 5.41) is 23.5. The second-order valence-corrected chi connectivity index (χ2v) is 15.2. The van der Waals surface area contributed by atoms with Crippen LogP contribution in [0.4, 0.5) is 0 Å². The molecule has 2 heterocycles. The molecule has 2 aliphatic carbocycles. The van der Waals surface area contributed by atoms with Crippen LogP contribution in [0.25, 0.3) is 11.4 Å². The van der Waals surface area contributed by atoms with Crippen LogP contribution in [0.15, 0.2) is 89.5 Å². The number of aromatic nitrogens is 2. The van der Waals surface area contributed by atoms with Crippen molar-refractivity contribution in [3.8, 4) is 11.4 Å². The Kier molecular flexibility index (Phi) is 11.4.